The van der Waals surface area contributed by atoms with Gasteiger partial charge >= 0.3 is 0 Å². The average molecular weight is 373 g/mol. The number of aromatic nitrogens is 4. The molecule has 0 aliphatic carbocycles. The Kier molecular flexibility index (Phi) is 5.19. The monoisotopic (exact) mass is 373 g/mol. The van der Waals surface area contributed by atoms with Gasteiger partial charge in [0.15, 0.2) is 0 Å². The number of benzene rings is 1. The van der Waals surface area contributed by atoms with Crippen LogP contribution in [-0.4, -0.2) is 51.2 Å². The van der Waals surface area contributed by atoms with E-state index in [4.69, 9.17) is 9.47 Å². The molecule has 8 nitrogen and oxygen atoms in total. The number of carbonyl (C=O) groups excluding carboxylic acids is 1. The first-order valence-electron chi connectivity index (χ1n) is 8.43. The van der Waals surface area contributed by atoms with E-state index in [0.717, 1.165) is 23.1 Å². The molecule has 4 rings (SSSR count). The summed E-state index contributed by atoms with van der Waals surface area (Å²) in [5.41, 5.74) is 4.22. The zero-order valence-electron chi connectivity index (χ0n) is 14.1. The zero-order chi connectivity index (χ0) is 17.8. The van der Waals surface area contributed by atoms with Crippen LogP contribution in [0.3, 0.4) is 0 Å². The molecule has 26 heavy (non-hydrogen) atoms. The molecule has 1 amide bonds. The number of hydrogen-bond donors (Lipinski definition) is 1. The first kappa shape index (κ1) is 17.1. The number of hydrogen-bond acceptors (Lipinski definition) is 7. The zero-order valence-corrected chi connectivity index (χ0v) is 14.9. The second-order valence-electron chi connectivity index (χ2n) is 6.09. The van der Waals surface area contributed by atoms with Crippen molar-refractivity contribution in [3.8, 4) is 0 Å². The van der Waals surface area contributed by atoms with Crippen LogP contribution in [0, 0.1) is 0 Å². The normalized spacial score (nSPS) is 20.3. The summed E-state index contributed by atoms with van der Waals surface area (Å²) < 4.78 is 11.5. The number of ether oxygens (including phenoxy) is 2. The lowest BCUT2D eigenvalue weighted by Gasteiger charge is -2.31. The number of nitrogens with one attached hydrogen (secondary N) is 1. The second-order valence-corrected chi connectivity index (χ2v) is 6.80. The van der Waals surface area contributed by atoms with Crippen molar-refractivity contribution in [3.63, 3.8) is 0 Å². The van der Waals surface area contributed by atoms with Crippen molar-refractivity contribution in [2.45, 2.75) is 31.7 Å². The molecule has 1 N–H and O–H groups in total. The number of nitrogens with zero attached hydrogens (tertiary/aromatic N) is 4. The van der Waals surface area contributed by atoms with Gasteiger partial charge in [0.25, 0.3) is 0 Å². The van der Waals surface area contributed by atoms with Crippen molar-refractivity contribution in [3.05, 3.63) is 40.8 Å². The minimum Gasteiger partial charge on any atom is -0.379 e. The van der Waals surface area contributed by atoms with Gasteiger partial charge in [0.2, 0.25) is 5.91 Å². The summed E-state index contributed by atoms with van der Waals surface area (Å²) in [6.07, 6.45) is 0.637. The summed E-state index contributed by atoms with van der Waals surface area (Å²) in [5, 5.41) is 13.6. The van der Waals surface area contributed by atoms with Gasteiger partial charge in [-0.3, -0.25) is 4.79 Å². The number of amides is 1. The molecule has 0 spiro atoms. The Balaban J connectivity index is 1.35. The first-order valence-corrected chi connectivity index (χ1v) is 9.38. The van der Waals surface area contributed by atoms with Crippen molar-refractivity contribution in [2.75, 3.05) is 13.2 Å². The Labute approximate surface area is 154 Å². The molecule has 0 saturated carbocycles. The van der Waals surface area contributed by atoms with Crippen molar-refractivity contribution < 1.29 is 14.3 Å². The summed E-state index contributed by atoms with van der Waals surface area (Å²) in [5.74, 6) is -0.164. The molecular formula is C17H19N5O3S. The van der Waals surface area contributed by atoms with E-state index in [2.05, 4.69) is 20.5 Å². The molecule has 2 atom stereocenters. The highest BCUT2D eigenvalue weighted by Gasteiger charge is 2.28. The Hall–Kier alpha value is -2.36. The van der Waals surface area contributed by atoms with Crippen LogP contribution in [0.2, 0.25) is 0 Å². The van der Waals surface area contributed by atoms with Gasteiger partial charge in [-0.15, -0.1) is 11.3 Å². The van der Waals surface area contributed by atoms with Crippen LogP contribution >= 0.6 is 11.3 Å². The van der Waals surface area contributed by atoms with Crippen molar-refractivity contribution in [2.24, 2.45) is 0 Å². The Morgan fingerprint density at radius 3 is 2.88 bits per heavy atom. The van der Waals surface area contributed by atoms with E-state index in [-0.39, 0.29) is 24.6 Å². The molecule has 1 aliphatic heterocycles. The van der Waals surface area contributed by atoms with Gasteiger partial charge in [-0.05, 0) is 18.6 Å². The maximum absolute atomic E-state index is 12.4. The van der Waals surface area contributed by atoms with Crippen molar-refractivity contribution >= 4 is 28.3 Å². The summed E-state index contributed by atoms with van der Waals surface area (Å²) in [6, 6.07) is 7.33. The smallest absolute Gasteiger partial charge is 0.243 e. The molecule has 0 bridgehead atoms. The lowest BCUT2D eigenvalue weighted by molar-refractivity contribution is -0.127. The predicted octanol–water partition coefficient (Wildman–Crippen LogP) is 1.38. The molecule has 2 aromatic heterocycles. The molecule has 3 heterocycles. The highest BCUT2D eigenvalue weighted by molar-refractivity contribution is 7.07. The number of fused-ring (bicyclic) bond motifs is 1. The van der Waals surface area contributed by atoms with Crippen molar-refractivity contribution in [1.82, 2.24) is 25.3 Å². The molecule has 9 heteroatoms. The van der Waals surface area contributed by atoms with Gasteiger partial charge in [-0.2, -0.15) is 15.0 Å². The highest BCUT2D eigenvalue weighted by atomic mass is 32.1. The van der Waals surface area contributed by atoms with E-state index < -0.39 is 0 Å². The van der Waals surface area contributed by atoms with Crippen LogP contribution in [-0.2, 0) is 27.4 Å². The fraction of sp³-hybridized carbons (Fsp3) is 0.412. The van der Waals surface area contributed by atoms with E-state index in [1.807, 2.05) is 29.6 Å². The maximum atomic E-state index is 12.4. The molecule has 0 radical (unpaired) electrons. The maximum Gasteiger partial charge on any atom is 0.243 e. The number of thiazole rings is 1. The van der Waals surface area contributed by atoms with Gasteiger partial charge < -0.3 is 14.8 Å². The summed E-state index contributed by atoms with van der Waals surface area (Å²) in [4.78, 5) is 18.0. The third-order valence-corrected chi connectivity index (χ3v) is 4.82. The summed E-state index contributed by atoms with van der Waals surface area (Å²) in [7, 11) is 0. The second kappa shape index (κ2) is 7.90. The molecule has 1 saturated heterocycles. The molecule has 136 valence electrons. The van der Waals surface area contributed by atoms with Crippen LogP contribution in [0.4, 0.5) is 0 Å². The van der Waals surface area contributed by atoms with Gasteiger partial charge in [0, 0.05) is 12.0 Å². The third-order valence-electron chi connectivity index (χ3n) is 4.18. The number of rotatable bonds is 6. The van der Waals surface area contributed by atoms with Gasteiger partial charge in [0.05, 0.1) is 36.6 Å². The SMILES string of the molecule is O=C(Cn1nc2ccccc2n1)N[C@@H]1COCC[C@@H]1OCc1cscn1. The fourth-order valence-corrected chi connectivity index (χ4v) is 3.45. The van der Waals surface area contributed by atoms with Crippen LogP contribution in [0.25, 0.3) is 11.0 Å². The van der Waals surface area contributed by atoms with Crippen LogP contribution < -0.4 is 5.32 Å². The number of carbonyl (C=O) groups is 1. The lowest BCUT2D eigenvalue weighted by atomic mass is 10.1. The topological polar surface area (TPSA) is 91.2 Å². The minimum absolute atomic E-state index is 0.0595. The van der Waals surface area contributed by atoms with Gasteiger partial charge in [-0.1, -0.05) is 12.1 Å². The van der Waals surface area contributed by atoms with E-state index in [1.54, 1.807) is 5.51 Å². The highest BCUT2D eigenvalue weighted by Crippen LogP contribution is 2.15. The first-order chi connectivity index (χ1) is 12.8. The van der Waals surface area contributed by atoms with E-state index in [0.29, 0.717) is 19.8 Å². The summed E-state index contributed by atoms with van der Waals surface area (Å²) in [6.45, 7) is 1.55. The van der Waals surface area contributed by atoms with Crippen LogP contribution in [0.5, 0.6) is 0 Å². The fourth-order valence-electron chi connectivity index (χ4n) is 2.91. The lowest BCUT2D eigenvalue weighted by Crippen LogP contribution is -2.51. The molecule has 1 aliphatic rings. The minimum atomic E-state index is -0.195. The quantitative estimate of drug-likeness (QED) is 0.702. The van der Waals surface area contributed by atoms with E-state index >= 15 is 0 Å². The average Bonchev–Trinajstić information content (AvgIpc) is 3.29. The Morgan fingerprint density at radius 2 is 2.15 bits per heavy atom. The molecular weight excluding hydrogens is 354 g/mol. The van der Waals surface area contributed by atoms with Gasteiger partial charge in [0.1, 0.15) is 17.6 Å². The van der Waals surface area contributed by atoms with Crippen LogP contribution in [0.15, 0.2) is 35.2 Å². The Bertz CT molecular complexity index is 833. The van der Waals surface area contributed by atoms with Crippen LogP contribution in [0.1, 0.15) is 12.1 Å². The largest absolute Gasteiger partial charge is 0.379 e. The van der Waals surface area contributed by atoms with Gasteiger partial charge in [-0.25, -0.2) is 4.98 Å². The summed E-state index contributed by atoms with van der Waals surface area (Å²) >= 11 is 1.54. The molecule has 1 aromatic carbocycles. The molecule has 1 fully saturated rings. The molecule has 0 unspecified atom stereocenters. The standard InChI is InChI=1S/C17H19N5O3S/c23-17(7-22-20-13-3-1-2-4-14(13)21-22)19-15-9-24-6-5-16(15)25-8-12-10-26-11-18-12/h1-4,10-11,15-16H,5-9H2,(H,19,23)/t15-,16+/m1/s1. The Morgan fingerprint density at radius 1 is 1.35 bits per heavy atom. The predicted molar refractivity (Wildman–Crippen MR) is 95.6 cm³/mol. The third kappa shape index (κ3) is 4.06. The molecule has 3 aromatic rings. The van der Waals surface area contributed by atoms with Crippen molar-refractivity contribution in [1.29, 1.82) is 0 Å². The van der Waals surface area contributed by atoms with E-state index in [9.17, 15) is 4.79 Å². The van der Waals surface area contributed by atoms with E-state index in [1.165, 1.54) is 16.1 Å².